The molecule has 1 aromatic carbocycles. The predicted octanol–water partition coefficient (Wildman–Crippen LogP) is 2.90. The molecule has 1 amide bonds. The van der Waals surface area contributed by atoms with Gasteiger partial charge in [-0.25, -0.2) is 8.42 Å². The highest BCUT2D eigenvalue weighted by atomic mass is 32.2. The number of hydrogen-bond donors (Lipinski definition) is 0. The van der Waals surface area contributed by atoms with Gasteiger partial charge < -0.3 is 14.5 Å². The number of rotatable bonds is 5. The highest BCUT2D eigenvalue weighted by Crippen LogP contribution is 2.28. The van der Waals surface area contributed by atoms with E-state index in [0.29, 0.717) is 36.7 Å². The molecule has 1 aromatic heterocycles. The Balaban J connectivity index is 1.32. The summed E-state index contributed by atoms with van der Waals surface area (Å²) < 4.78 is 32.6. The zero-order chi connectivity index (χ0) is 21.8. The van der Waals surface area contributed by atoms with Crippen LogP contribution in [0.2, 0.25) is 0 Å². The molecule has 2 fully saturated rings. The standard InChI is InChI=1S/C22H29N3O4S2/c1-29-20-7-5-19(6-8-20)23-11-3-12-24(16-15-23)22(26)18-9-13-25(14-10-18)31(27,28)21-4-2-17-30-21/h2,4-8,17-18H,3,9-16H2,1H3. The summed E-state index contributed by atoms with van der Waals surface area (Å²) in [7, 11) is -1.77. The van der Waals surface area contributed by atoms with E-state index in [-0.39, 0.29) is 11.8 Å². The molecule has 2 saturated heterocycles. The zero-order valence-corrected chi connectivity index (χ0v) is 19.4. The van der Waals surface area contributed by atoms with Gasteiger partial charge in [0.1, 0.15) is 9.96 Å². The number of carbonyl (C=O) groups excluding carboxylic acids is 1. The molecule has 0 atom stereocenters. The number of thiophene rings is 1. The Morgan fingerprint density at radius 3 is 2.39 bits per heavy atom. The van der Waals surface area contributed by atoms with Gasteiger partial charge in [0.15, 0.2) is 0 Å². The van der Waals surface area contributed by atoms with Gasteiger partial charge in [0.2, 0.25) is 5.91 Å². The molecule has 3 heterocycles. The van der Waals surface area contributed by atoms with E-state index in [4.69, 9.17) is 4.74 Å². The second kappa shape index (κ2) is 9.58. The number of hydrogen-bond acceptors (Lipinski definition) is 6. The quantitative estimate of drug-likeness (QED) is 0.682. The first kappa shape index (κ1) is 22.1. The molecule has 9 heteroatoms. The van der Waals surface area contributed by atoms with Gasteiger partial charge in [0.05, 0.1) is 7.11 Å². The van der Waals surface area contributed by atoms with Gasteiger partial charge in [-0.15, -0.1) is 11.3 Å². The lowest BCUT2D eigenvalue weighted by atomic mass is 9.96. The van der Waals surface area contributed by atoms with E-state index >= 15 is 0 Å². The van der Waals surface area contributed by atoms with Crippen LogP contribution in [0.3, 0.4) is 0 Å². The molecule has 7 nitrogen and oxygen atoms in total. The number of piperidine rings is 1. The Kier molecular flexibility index (Phi) is 6.83. The van der Waals surface area contributed by atoms with Gasteiger partial charge in [0, 0.05) is 50.9 Å². The molecule has 0 N–H and O–H groups in total. The van der Waals surface area contributed by atoms with Crippen molar-refractivity contribution in [2.45, 2.75) is 23.5 Å². The van der Waals surface area contributed by atoms with Crippen molar-refractivity contribution in [3.63, 3.8) is 0 Å². The number of carbonyl (C=O) groups is 1. The summed E-state index contributed by atoms with van der Waals surface area (Å²) >= 11 is 1.24. The van der Waals surface area contributed by atoms with Crippen molar-refractivity contribution >= 4 is 33.0 Å². The maximum absolute atomic E-state index is 13.1. The Hall–Kier alpha value is -2.10. The summed E-state index contributed by atoms with van der Waals surface area (Å²) in [5.41, 5.74) is 1.14. The third kappa shape index (κ3) is 4.88. The maximum atomic E-state index is 13.1. The fourth-order valence-electron chi connectivity index (χ4n) is 4.33. The molecule has 0 radical (unpaired) electrons. The van der Waals surface area contributed by atoms with Crippen molar-refractivity contribution in [2.24, 2.45) is 5.92 Å². The number of amides is 1. The van der Waals surface area contributed by atoms with Crippen LogP contribution in [0.15, 0.2) is 46.0 Å². The SMILES string of the molecule is COc1ccc(N2CCCN(C(=O)C3CCN(S(=O)(=O)c4cccs4)CC3)CC2)cc1. The van der Waals surface area contributed by atoms with Crippen LogP contribution < -0.4 is 9.64 Å². The van der Waals surface area contributed by atoms with Crippen molar-refractivity contribution in [2.75, 3.05) is 51.3 Å². The van der Waals surface area contributed by atoms with E-state index in [1.54, 1.807) is 24.6 Å². The molecule has 2 aliphatic rings. The summed E-state index contributed by atoms with van der Waals surface area (Å²) in [4.78, 5) is 17.4. The van der Waals surface area contributed by atoms with Crippen LogP contribution in [-0.2, 0) is 14.8 Å². The van der Waals surface area contributed by atoms with Gasteiger partial charge in [-0.3, -0.25) is 4.79 Å². The van der Waals surface area contributed by atoms with E-state index in [2.05, 4.69) is 17.0 Å². The average molecular weight is 464 g/mol. The summed E-state index contributed by atoms with van der Waals surface area (Å²) in [6.07, 6.45) is 2.09. The fourth-order valence-corrected chi connectivity index (χ4v) is 6.94. The molecule has 0 aliphatic carbocycles. The highest BCUT2D eigenvalue weighted by Gasteiger charge is 2.34. The molecular weight excluding hydrogens is 434 g/mol. The minimum Gasteiger partial charge on any atom is -0.497 e. The number of anilines is 1. The molecule has 0 saturated carbocycles. The summed E-state index contributed by atoms with van der Waals surface area (Å²) in [6, 6.07) is 11.4. The maximum Gasteiger partial charge on any atom is 0.252 e. The van der Waals surface area contributed by atoms with Crippen LogP contribution in [0.4, 0.5) is 5.69 Å². The molecule has 0 unspecified atom stereocenters. The van der Waals surface area contributed by atoms with Crippen molar-refractivity contribution in [1.29, 1.82) is 0 Å². The lowest BCUT2D eigenvalue weighted by molar-refractivity contribution is -0.136. The zero-order valence-electron chi connectivity index (χ0n) is 17.8. The fraction of sp³-hybridized carbons (Fsp3) is 0.500. The van der Waals surface area contributed by atoms with Crippen LogP contribution in [-0.4, -0.2) is 69.9 Å². The Bertz CT molecular complexity index is 969. The molecular formula is C22H29N3O4S2. The minimum atomic E-state index is -3.43. The summed E-state index contributed by atoms with van der Waals surface area (Å²) in [6.45, 7) is 3.96. The number of sulfonamides is 1. The van der Waals surface area contributed by atoms with Crippen LogP contribution in [0.5, 0.6) is 5.75 Å². The van der Waals surface area contributed by atoms with Gasteiger partial charge in [0.25, 0.3) is 10.0 Å². The Morgan fingerprint density at radius 1 is 1.00 bits per heavy atom. The van der Waals surface area contributed by atoms with Crippen LogP contribution in [0.1, 0.15) is 19.3 Å². The normalized spacial score (nSPS) is 19.3. The predicted molar refractivity (Wildman–Crippen MR) is 122 cm³/mol. The van der Waals surface area contributed by atoms with Gasteiger partial charge in [-0.05, 0) is 55.0 Å². The van der Waals surface area contributed by atoms with E-state index in [9.17, 15) is 13.2 Å². The minimum absolute atomic E-state index is 0.0951. The van der Waals surface area contributed by atoms with Crippen LogP contribution >= 0.6 is 11.3 Å². The number of nitrogens with zero attached hydrogens (tertiary/aromatic N) is 3. The lowest BCUT2D eigenvalue weighted by Gasteiger charge is -2.33. The van der Waals surface area contributed by atoms with E-state index in [1.165, 1.54) is 15.6 Å². The lowest BCUT2D eigenvalue weighted by Crippen LogP contribution is -2.45. The molecule has 0 spiro atoms. The molecule has 168 valence electrons. The third-order valence-electron chi connectivity index (χ3n) is 6.14. The van der Waals surface area contributed by atoms with Crippen molar-refractivity contribution < 1.29 is 17.9 Å². The van der Waals surface area contributed by atoms with Crippen LogP contribution in [0, 0.1) is 5.92 Å². The summed E-state index contributed by atoms with van der Waals surface area (Å²) in [5.74, 6) is 0.912. The van der Waals surface area contributed by atoms with E-state index in [0.717, 1.165) is 37.5 Å². The van der Waals surface area contributed by atoms with Gasteiger partial charge in [-0.2, -0.15) is 4.31 Å². The second-order valence-corrected chi connectivity index (χ2v) is 11.1. The third-order valence-corrected chi connectivity index (χ3v) is 9.41. The van der Waals surface area contributed by atoms with E-state index < -0.39 is 10.0 Å². The van der Waals surface area contributed by atoms with Gasteiger partial charge >= 0.3 is 0 Å². The number of methoxy groups -OCH3 is 1. The Labute approximate surface area is 188 Å². The molecule has 31 heavy (non-hydrogen) atoms. The monoisotopic (exact) mass is 463 g/mol. The molecule has 4 rings (SSSR count). The van der Waals surface area contributed by atoms with Crippen molar-refractivity contribution in [3.8, 4) is 5.75 Å². The number of benzene rings is 1. The van der Waals surface area contributed by atoms with Gasteiger partial charge in [-0.1, -0.05) is 6.07 Å². The molecule has 0 bridgehead atoms. The average Bonchev–Trinajstić information content (AvgIpc) is 3.25. The summed E-state index contributed by atoms with van der Waals surface area (Å²) in [5, 5.41) is 1.78. The van der Waals surface area contributed by atoms with Crippen molar-refractivity contribution in [3.05, 3.63) is 41.8 Å². The first-order chi connectivity index (χ1) is 15.0. The van der Waals surface area contributed by atoms with E-state index in [1.807, 2.05) is 17.0 Å². The molecule has 2 aliphatic heterocycles. The first-order valence-corrected chi connectivity index (χ1v) is 13.0. The smallest absolute Gasteiger partial charge is 0.252 e. The number of ether oxygens (including phenoxy) is 1. The topological polar surface area (TPSA) is 70.2 Å². The first-order valence-electron chi connectivity index (χ1n) is 10.7. The van der Waals surface area contributed by atoms with Crippen LogP contribution in [0.25, 0.3) is 0 Å². The highest BCUT2D eigenvalue weighted by molar-refractivity contribution is 7.91. The second-order valence-electron chi connectivity index (χ2n) is 7.97. The Morgan fingerprint density at radius 2 is 1.74 bits per heavy atom. The largest absolute Gasteiger partial charge is 0.497 e. The molecule has 2 aromatic rings. The van der Waals surface area contributed by atoms with Crippen molar-refractivity contribution in [1.82, 2.24) is 9.21 Å².